The van der Waals surface area contributed by atoms with Gasteiger partial charge in [0, 0.05) is 68.0 Å². The van der Waals surface area contributed by atoms with Crippen molar-refractivity contribution in [2.45, 2.75) is 278 Å². The van der Waals surface area contributed by atoms with Gasteiger partial charge < -0.3 is 75.4 Å². The molecule has 0 aromatic heterocycles. The van der Waals surface area contributed by atoms with Crippen molar-refractivity contribution in [2.24, 2.45) is 41.4 Å². The van der Waals surface area contributed by atoms with Gasteiger partial charge in [-0.2, -0.15) is 0 Å². The summed E-state index contributed by atoms with van der Waals surface area (Å²) in [5, 5.41) is 32.8. The Morgan fingerprint density at radius 1 is 0.490 bits per heavy atom. The van der Waals surface area contributed by atoms with Gasteiger partial charge in [0.25, 0.3) is 0 Å². The first-order valence-corrected chi connectivity index (χ1v) is 39.4. The first kappa shape index (κ1) is 89.9. The van der Waals surface area contributed by atoms with Gasteiger partial charge in [-0.15, -0.1) is 0 Å². The van der Waals surface area contributed by atoms with Gasteiger partial charge in [-0.1, -0.05) is 140 Å². The van der Waals surface area contributed by atoms with Crippen LogP contribution in [-0.2, 0) is 62.3 Å². The van der Waals surface area contributed by atoms with Gasteiger partial charge in [0.15, 0.2) is 0 Å². The molecule has 10 atom stereocenters. The zero-order valence-electron chi connectivity index (χ0n) is 66.4. The number of nitrogens with zero attached hydrogens (tertiary/aromatic N) is 8. The smallest absolute Gasteiger partial charge is 0.248 e. The molecule has 0 bridgehead atoms. The summed E-state index contributed by atoms with van der Waals surface area (Å²) < 4.78 is 5.77. The Morgan fingerprint density at radius 2 is 0.952 bits per heavy atom. The third-order valence-corrected chi connectivity index (χ3v) is 21.4. The number of piperidine rings is 1. The molecule has 0 spiro atoms. The number of carbonyl (C=O) groups excluding carboxylic acids is 12. The number of aliphatic hydroxyl groups excluding tert-OH is 2. The number of nitrogens with one attached hydrogen (secondary N) is 4. The first-order chi connectivity index (χ1) is 49.2. The van der Waals surface area contributed by atoms with Crippen LogP contribution in [0.2, 0.25) is 0 Å². The number of ether oxygens (including phenoxy) is 1. The van der Waals surface area contributed by atoms with Gasteiger partial charge >= 0.3 is 0 Å². The summed E-state index contributed by atoms with van der Waals surface area (Å²) in [5.41, 5.74) is 0. The van der Waals surface area contributed by atoms with Crippen molar-refractivity contribution in [1.82, 2.24) is 60.5 Å². The molecule has 0 radical (unpaired) electrons. The average molecular weight is 1470 g/mol. The van der Waals surface area contributed by atoms with Crippen LogP contribution in [0.25, 0.3) is 0 Å². The van der Waals surface area contributed by atoms with Gasteiger partial charge in [0.05, 0.1) is 51.4 Å². The zero-order chi connectivity index (χ0) is 77.7. The number of carbonyl (C=O) groups is 12. The normalized spacial score (nSPS) is 26.2. The molecule has 2 aliphatic heterocycles. The second-order valence-corrected chi connectivity index (χ2v) is 32.0. The van der Waals surface area contributed by atoms with Gasteiger partial charge in [-0.3, -0.25) is 57.5 Å². The molecular weight excluding hydrogens is 1330 g/mol. The van der Waals surface area contributed by atoms with Gasteiger partial charge in [0.1, 0.15) is 48.3 Å². The number of hydrogen-bond donors (Lipinski definition) is 6. The Balaban J connectivity index is 1.97. The van der Waals surface area contributed by atoms with E-state index in [0.29, 0.717) is 45.2 Å². The van der Waals surface area contributed by atoms with Gasteiger partial charge in [-0.05, 0) is 113 Å². The molecule has 2 aliphatic carbocycles. The lowest BCUT2D eigenvalue weighted by molar-refractivity contribution is -0.152. The van der Waals surface area contributed by atoms with E-state index in [1.54, 1.807) is 11.8 Å². The largest absolute Gasteiger partial charge is 0.394 e. The molecule has 12 amide bonds. The minimum Gasteiger partial charge on any atom is -0.394 e. The van der Waals surface area contributed by atoms with E-state index >= 15 is 33.6 Å². The van der Waals surface area contributed by atoms with Crippen molar-refractivity contribution in [2.75, 3.05) is 101 Å². The fourth-order valence-corrected chi connectivity index (χ4v) is 15.1. The summed E-state index contributed by atoms with van der Waals surface area (Å²) in [7, 11) is 7.39. The maximum atomic E-state index is 15.5. The van der Waals surface area contributed by atoms with Crippen LogP contribution in [0.5, 0.6) is 0 Å². The SMILES string of the molecule is CCCCN1CC(=O)N(C)[C@@H](CC2CCCCC2)C(=O)NC[C@@H](COCCO)C(=O)N(C)[C@@H](CC(C)C)C(=O)N[C@@H]([C@@H](C)O)C(=O)N(CCC)CC(=O)N(C)[C@@H](CC2CCCCC2)C(=O)N(C)[C@@H](CC(C)C)C(=O)N[C@@H](CC(C)C)C(=O)N(C)[C@@H](CC(C)C)C(=O)N[C@H](C(=O)N2CCCCC2)CC1=O. The van der Waals surface area contributed by atoms with Crippen molar-refractivity contribution < 1.29 is 72.5 Å². The van der Waals surface area contributed by atoms with Crippen molar-refractivity contribution in [3.63, 3.8) is 0 Å². The third kappa shape index (κ3) is 28.0. The summed E-state index contributed by atoms with van der Waals surface area (Å²) in [4.78, 5) is 192. The Morgan fingerprint density at radius 3 is 1.44 bits per heavy atom. The Bertz CT molecular complexity index is 2770. The zero-order valence-corrected chi connectivity index (χ0v) is 66.4. The number of hydrogen-bond acceptors (Lipinski definition) is 15. The minimum absolute atomic E-state index is 0.000147. The fraction of sp³-hybridized carbons (Fsp3) is 0.844. The molecule has 4 rings (SSSR count). The molecule has 0 aromatic carbocycles. The van der Waals surface area contributed by atoms with Crippen LogP contribution in [0.4, 0.5) is 0 Å². The molecule has 0 aromatic rings. The van der Waals surface area contributed by atoms with Crippen molar-refractivity contribution in [3.05, 3.63) is 0 Å². The van der Waals surface area contributed by atoms with Crippen LogP contribution in [0, 0.1) is 41.4 Å². The standard InChI is InChI=1S/C77H136N12O15/c1-17-19-34-88-47-66(93)82(12)63(43-55-29-23-20-24-30-55)69(95)78-46-57(49-104-38-37-90)73(99)84(14)62(42-53(9)10)72(98)81-68(54(11)91)77(103)89(33-18-2)48-67(94)83(13)64(44-56-31-25-21-26-32-56)76(102)86(16)61(41-52(7)8)71(97)79-58(39-50(3)4)74(100)85(15)60(40-51(5)6)70(96)80-59(45-65(88)92)75(101)87-35-27-22-28-36-87/h50-64,68,90-91H,17-49H2,1-16H3,(H,78,95)(H,79,97)(H,80,96)(H,81,98)/t54-,57+,58+,59+,60+,61+,62+,63+,64+,68+/m1/s1. The highest BCUT2D eigenvalue weighted by Crippen LogP contribution is 2.32. The Hall–Kier alpha value is -6.48. The Kier molecular flexibility index (Phi) is 39.1. The number of aliphatic hydroxyl groups is 2. The molecule has 6 N–H and O–H groups in total. The van der Waals surface area contributed by atoms with Crippen LogP contribution in [0.15, 0.2) is 0 Å². The second-order valence-electron chi connectivity index (χ2n) is 32.0. The molecular formula is C77H136N12O15. The average Bonchev–Trinajstić information content (AvgIpc) is 0.835. The number of likely N-dealkylation sites (N-methyl/N-ethyl adjacent to an activating group) is 5. The maximum Gasteiger partial charge on any atom is 0.248 e. The highest BCUT2D eigenvalue weighted by Gasteiger charge is 2.44. The summed E-state index contributed by atoms with van der Waals surface area (Å²) in [6.07, 6.45) is 11.5. The minimum atomic E-state index is -1.63. The van der Waals surface area contributed by atoms with E-state index in [0.717, 1.165) is 70.6 Å². The van der Waals surface area contributed by atoms with Crippen molar-refractivity contribution in [1.29, 1.82) is 0 Å². The monoisotopic (exact) mass is 1470 g/mol. The molecule has 4 aliphatic rings. The number of amides is 12. The summed E-state index contributed by atoms with van der Waals surface area (Å²) in [5.74, 6) is -9.50. The maximum absolute atomic E-state index is 15.5. The molecule has 4 fully saturated rings. The molecule has 2 saturated carbocycles. The molecule has 594 valence electrons. The lowest BCUT2D eigenvalue weighted by Gasteiger charge is -2.38. The molecule has 27 heteroatoms. The molecule has 2 heterocycles. The summed E-state index contributed by atoms with van der Waals surface area (Å²) in [6, 6.07) is -10.2. The second kappa shape index (κ2) is 45.2. The van der Waals surface area contributed by atoms with Crippen LogP contribution < -0.4 is 21.3 Å². The van der Waals surface area contributed by atoms with E-state index in [9.17, 15) is 34.2 Å². The Labute approximate surface area is 621 Å². The van der Waals surface area contributed by atoms with E-state index < -0.39 is 157 Å². The van der Waals surface area contributed by atoms with Gasteiger partial charge in [-0.25, -0.2) is 0 Å². The van der Waals surface area contributed by atoms with Crippen LogP contribution >= 0.6 is 0 Å². The van der Waals surface area contributed by atoms with Gasteiger partial charge in [0.2, 0.25) is 70.9 Å². The quantitative estimate of drug-likeness (QED) is 0.0725. The van der Waals surface area contributed by atoms with Crippen LogP contribution in [0.1, 0.15) is 224 Å². The van der Waals surface area contributed by atoms with E-state index in [2.05, 4.69) is 21.3 Å². The predicted octanol–water partition coefficient (Wildman–Crippen LogP) is 5.11. The number of likely N-dealkylation sites (tertiary alicyclic amines) is 1. The number of unbranched alkanes of at least 4 members (excludes halogenated alkanes) is 1. The van der Waals surface area contributed by atoms with Crippen LogP contribution in [0.3, 0.4) is 0 Å². The molecule has 0 unspecified atom stereocenters. The highest BCUT2D eigenvalue weighted by atomic mass is 16.5. The summed E-state index contributed by atoms with van der Waals surface area (Å²) in [6.45, 7) is 18.7. The van der Waals surface area contributed by atoms with E-state index in [1.807, 2.05) is 62.3 Å². The topological polar surface area (TPSA) is 329 Å². The fourth-order valence-electron chi connectivity index (χ4n) is 15.1. The van der Waals surface area contributed by atoms with E-state index in [1.165, 1.54) is 76.5 Å². The lowest BCUT2D eigenvalue weighted by Crippen LogP contribution is -2.61. The third-order valence-electron chi connectivity index (χ3n) is 21.4. The van der Waals surface area contributed by atoms with Crippen molar-refractivity contribution in [3.8, 4) is 0 Å². The van der Waals surface area contributed by atoms with E-state index in [4.69, 9.17) is 4.74 Å². The van der Waals surface area contributed by atoms with Crippen LogP contribution in [-0.4, -0.2) is 276 Å². The first-order valence-electron chi connectivity index (χ1n) is 39.4. The summed E-state index contributed by atoms with van der Waals surface area (Å²) >= 11 is 0. The van der Waals surface area contributed by atoms with Crippen molar-refractivity contribution >= 4 is 70.9 Å². The lowest BCUT2D eigenvalue weighted by atomic mass is 9.84. The predicted molar refractivity (Wildman–Crippen MR) is 398 cm³/mol. The molecule has 104 heavy (non-hydrogen) atoms. The molecule has 2 saturated heterocycles. The number of rotatable bonds is 23. The van der Waals surface area contributed by atoms with E-state index in [-0.39, 0.29) is 107 Å². The highest BCUT2D eigenvalue weighted by molar-refractivity contribution is 5.99. The molecule has 27 nitrogen and oxygen atoms in total.